The maximum atomic E-state index is 14.2. The van der Waals surface area contributed by atoms with Crippen LogP contribution in [0.15, 0.2) is 11.6 Å². The predicted molar refractivity (Wildman–Crippen MR) is 84.0 cm³/mol. The number of hydrogen-bond acceptors (Lipinski definition) is 2. The van der Waals surface area contributed by atoms with Crippen molar-refractivity contribution in [3.63, 3.8) is 0 Å². The monoisotopic (exact) mass is 308 g/mol. The van der Waals surface area contributed by atoms with E-state index in [9.17, 15) is 14.6 Å². The van der Waals surface area contributed by atoms with Crippen LogP contribution < -0.4 is 0 Å². The van der Waals surface area contributed by atoms with Crippen LogP contribution in [0.5, 0.6) is 0 Å². The molecule has 8 atom stereocenters. The van der Waals surface area contributed by atoms with E-state index in [0.717, 1.165) is 38.5 Å². The maximum absolute atomic E-state index is 14.2. The first-order chi connectivity index (χ1) is 10.4. The van der Waals surface area contributed by atoms with Crippen molar-refractivity contribution < 1.29 is 14.6 Å². The fourth-order valence-electron chi connectivity index (χ4n) is 6.59. The van der Waals surface area contributed by atoms with E-state index >= 15 is 0 Å². The van der Waals surface area contributed by atoms with Crippen molar-refractivity contribution >= 4 is 0 Å². The molecule has 0 radical (unpaired) electrons. The second-order valence-electron chi connectivity index (χ2n) is 8.90. The largest absolute Gasteiger partial charge is 0.393 e. The maximum Gasteiger partial charge on any atom is 0.127 e. The second kappa shape index (κ2) is 4.80. The van der Waals surface area contributed by atoms with Gasteiger partial charge in [0.05, 0.1) is 12.2 Å². The minimum atomic E-state index is -1.04. The van der Waals surface area contributed by atoms with E-state index < -0.39 is 12.3 Å². The molecule has 4 rings (SSSR count). The highest BCUT2D eigenvalue weighted by Crippen LogP contribution is 2.65. The highest BCUT2D eigenvalue weighted by Gasteiger charge is 2.61. The van der Waals surface area contributed by atoms with E-state index in [4.69, 9.17) is 0 Å². The van der Waals surface area contributed by atoms with E-state index in [-0.39, 0.29) is 16.9 Å². The molecule has 0 aliphatic heterocycles. The third kappa shape index (κ3) is 1.84. The smallest absolute Gasteiger partial charge is 0.127 e. The lowest BCUT2D eigenvalue weighted by molar-refractivity contribution is -0.0763. The quantitative estimate of drug-likeness (QED) is 0.671. The predicted octanol–water partition coefficient (Wildman–Crippen LogP) is 3.62. The molecular formula is C19H29FO2. The van der Waals surface area contributed by atoms with E-state index in [1.165, 1.54) is 5.57 Å². The van der Waals surface area contributed by atoms with Gasteiger partial charge in [0.2, 0.25) is 0 Å². The molecule has 0 aromatic carbocycles. The van der Waals surface area contributed by atoms with Gasteiger partial charge in [-0.05, 0) is 73.5 Å². The summed E-state index contributed by atoms with van der Waals surface area (Å²) in [6, 6.07) is 0. The van der Waals surface area contributed by atoms with Crippen molar-refractivity contribution in [2.75, 3.05) is 0 Å². The molecule has 0 heterocycles. The highest BCUT2D eigenvalue weighted by molar-refractivity contribution is 5.25. The van der Waals surface area contributed by atoms with Gasteiger partial charge >= 0.3 is 0 Å². The minimum Gasteiger partial charge on any atom is -0.393 e. The van der Waals surface area contributed by atoms with Gasteiger partial charge in [-0.25, -0.2) is 4.39 Å². The van der Waals surface area contributed by atoms with Gasteiger partial charge < -0.3 is 10.2 Å². The molecule has 2 nitrogen and oxygen atoms in total. The van der Waals surface area contributed by atoms with E-state index in [1.54, 1.807) is 0 Å². The fraction of sp³-hybridized carbons (Fsp3) is 0.895. The average Bonchev–Trinajstić information content (AvgIpc) is 2.72. The SMILES string of the molecule is C[C@]12CC[C@H](O)CC1=CC[C@@H]1[C@@H]2CC[C@]2(C)C(O)[C@H](F)C[C@@H]12. The van der Waals surface area contributed by atoms with Crippen molar-refractivity contribution in [1.82, 2.24) is 0 Å². The zero-order chi connectivity index (χ0) is 15.7. The van der Waals surface area contributed by atoms with Gasteiger partial charge in [0.25, 0.3) is 0 Å². The van der Waals surface area contributed by atoms with Crippen LogP contribution in [-0.4, -0.2) is 28.6 Å². The summed E-state index contributed by atoms with van der Waals surface area (Å²) >= 11 is 0. The molecule has 0 aromatic heterocycles. The molecule has 22 heavy (non-hydrogen) atoms. The van der Waals surface area contributed by atoms with Gasteiger partial charge in [-0.15, -0.1) is 0 Å². The highest BCUT2D eigenvalue weighted by atomic mass is 19.1. The Hall–Kier alpha value is -0.410. The molecule has 0 amide bonds. The Bertz CT molecular complexity index is 504. The van der Waals surface area contributed by atoms with Crippen molar-refractivity contribution in [2.45, 2.75) is 77.2 Å². The first-order valence-electron chi connectivity index (χ1n) is 9.06. The zero-order valence-corrected chi connectivity index (χ0v) is 13.8. The van der Waals surface area contributed by atoms with E-state index in [2.05, 4.69) is 19.9 Å². The lowest BCUT2D eigenvalue weighted by Crippen LogP contribution is -2.51. The summed E-state index contributed by atoms with van der Waals surface area (Å²) in [7, 11) is 0. The van der Waals surface area contributed by atoms with E-state index in [0.29, 0.717) is 24.2 Å². The van der Waals surface area contributed by atoms with Crippen molar-refractivity contribution in [3.8, 4) is 0 Å². The summed E-state index contributed by atoms with van der Waals surface area (Å²) in [5.41, 5.74) is 1.42. The lowest BCUT2D eigenvalue weighted by atomic mass is 9.48. The Balaban J connectivity index is 1.68. The Morgan fingerprint density at radius 1 is 1.14 bits per heavy atom. The minimum absolute atomic E-state index is 0.173. The summed E-state index contributed by atoms with van der Waals surface area (Å²) in [5.74, 6) is 1.44. The van der Waals surface area contributed by atoms with Crippen LogP contribution in [0.2, 0.25) is 0 Å². The first kappa shape index (κ1) is 15.1. The third-order valence-electron chi connectivity index (χ3n) is 8.01. The van der Waals surface area contributed by atoms with Crippen LogP contribution in [0.25, 0.3) is 0 Å². The Labute approximate surface area is 132 Å². The van der Waals surface area contributed by atoms with Gasteiger partial charge in [-0.3, -0.25) is 0 Å². The number of halogens is 1. The molecule has 2 N–H and O–H groups in total. The number of hydrogen-bond donors (Lipinski definition) is 2. The summed E-state index contributed by atoms with van der Waals surface area (Å²) in [6.07, 6.45) is 6.76. The van der Waals surface area contributed by atoms with Gasteiger partial charge in [0.1, 0.15) is 6.17 Å². The molecule has 0 saturated heterocycles. The second-order valence-corrected chi connectivity index (χ2v) is 8.90. The molecule has 3 fully saturated rings. The molecule has 0 bridgehead atoms. The first-order valence-corrected chi connectivity index (χ1v) is 9.06. The van der Waals surface area contributed by atoms with Crippen LogP contribution in [0.1, 0.15) is 58.8 Å². The third-order valence-corrected chi connectivity index (χ3v) is 8.01. The summed E-state index contributed by atoms with van der Waals surface area (Å²) in [4.78, 5) is 0. The van der Waals surface area contributed by atoms with Gasteiger partial charge in [0, 0.05) is 0 Å². The lowest BCUT2D eigenvalue weighted by Gasteiger charge is -2.57. The fourth-order valence-corrected chi connectivity index (χ4v) is 6.59. The molecule has 124 valence electrons. The van der Waals surface area contributed by atoms with Crippen LogP contribution >= 0.6 is 0 Å². The number of aliphatic hydroxyl groups excluding tert-OH is 2. The van der Waals surface area contributed by atoms with Gasteiger partial charge in [-0.1, -0.05) is 25.5 Å². The summed E-state index contributed by atoms with van der Waals surface area (Å²) in [5, 5.41) is 20.3. The Morgan fingerprint density at radius 3 is 2.68 bits per heavy atom. The van der Waals surface area contributed by atoms with Gasteiger partial charge in [0.15, 0.2) is 0 Å². The summed E-state index contributed by atoms with van der Waals surface area (Å²) in [6.45, 7) is 4.49. The zero-order valence-electron chi connectivity index (χ0n) is 13.8. The average molecular weight is 308 g/mol. The Kier molecular flexibility index (Phi) is 3.30. The molecule has 1 unspecified atom stereocenters. The van der Waals surface area contributed by atoms with Crippen molar-refractivity contribution in [3.05, 3.63) is 11.6 Å². The van der Waals surface area contributed by atoms with Gasteiger partial charge in [-0.2, -0.15) is 0 Å². The molecule has 0 spiro atoms. The topological polar surface area (TPSA) is 40.5 Å². The number of rotatable bonds is 0. The van der Waals surface area contributed by atoms with Crippen LogP contribution in [-0.2, 0) is 0 Å². The molecule has 3 saturated carbocycles. The van der Waals surface area contributed by atoms with E-state index in [1.807, 2.05) is 0 Å². The molecule has 0 aromatic rings. The standard InChI is InChI=1S/C19H29FO2/c1-18-7-5-12(21)9-11(18)3-4-13-14(18)6-8-19(2)15(13)10-16(20)17(19)22/h3,12-17,21-22H,4-10H2,1-2H3/t12-,13+,14-,15-,16+,17?,18-,19-/m0/s1. The van der Waals surface area contributed by atoms with Crippen LogP contribution in [0, 0.1) is 28.6 Å². The Morgan fingerprint density at radius 2 is 1.91 bits per heavy atom. The number of fused-ring (bicyclic) bond motifs is 5. The molecule has 4 aliphatic carbocycles. The van der Waals surface area contributed by atoms with Crippen LogP contribution in [0.3, 0.4) is 0 Å². The van der Waals surface area contributed by atoms with Crippen molar-refractivity contribution in [2.24, 2.45) is 28.6 Å². The van der Waals surface area contributed by atoms with Crippen LogP contribution in [0.4, 0.5) is 4.39 Å². The summed E-state index contributed by atoms with van der Waals surface area (Å²) < 4.78 is 14.2. The molecule has 4 aliphatic rings. The number of alkyl halides is 1. The normalized spacial score (nSPS) is 57.6. The molecular weight excluding hydrogens is 279 g/mol. The molecule has 3 heteroatoms. The number of allylic oxidation sites excluding steroid dienone is 1. The number of aliphatic hydroxyl groups is 2. The van der Waals surface area contributed by atoms with Crippen molar-refractivity contribution in [1.29, 1.82) is 0 Å².